The molecule has 0 aromatic carbocycles. The molecule has 6 aromatic heterocycles. The lowest BCUT2D eigenvalue weighted by molar-refractivity contribution is 0.0950. The topological polar surface area (TPSA) is 123 Å². The Kier molecular flexibility index (Phi) is 6.79. The maximum Gasteiger partial charge on any atom is 0.253 e. The van der Waals surface area contributed by atoms with Gasteiger partial charge in [-0.1, -0.05) is 12.1 Å². The third-order valence-corrected chi connectivity index (χ3v) is 6.79. The first-order valence-corrected chi connectivity index (χ1v) is 13.4. The summed E-state index contributed by atoms with van der Waals surface area (Å²) in [5, 5.41) is 15.6. The summed E-state index contributed by atoms with van der Waals surface area (Å²) in [5.74, 6) is 1.30. The molecule has 11 heteroatoms. The van der Waals surface area contributed by atoms with Gasteiger partial charge in [0.15, 0.2) is 11.5 Å². The Balaban J connectivity index is 1.17. The standard InChI is InChI=1S/C28H23N9OS/c1-39-21-11-19(13-29-16-21)28(38)32-15-20-12-24-18(14-30-20)8-9-23(33-24)22-5-4-6-25(34-22)31-17-27-36-35-26-7-2-3-10-37(26)27/h2-14,16H,15,17H2,1H3,(H,31,34)(H,32,38). The molecule has 0 bridgehead atoms. The fourth-order valence-corrected chi connectivity index (χ4v) is 4.49. The Hall–Kier alpha value is -4.90. The summed E-state index contributed by atoms with van der Waals surface area (Å²) in [6, 6.07) is 19.2. The second kappa shape index (κ2) is 10.8. The van der Waals surface area contributed by atoms with Gasteiger partial charge in [0.1, 0.15) is 5.82 Å². The van der Waals surface area contributed by atoms with Crippen molar-refractivity contribution in [2.24, 2.45) is 0 Å². The average molecular weight is 534 g/mol. The van der Waals surface area contributed by atoms with Gasteiger partial charge in [-0.3, -0.25) is 19.2 Å². The highest BCUT2D eigenvalue weighted by Gasteiger charge is 2.10. The van der Waals surface area contributed by atoms with Crippen molar-refractivity contribution in [1.82, 2.24) is 39.9 Å². The van der Waals surface area contributed by atoms with Crippen LogP contribution >= 0.6 is 11.8 Å². The maximum atomic E-state index is 12.6. The summed E-state index contributed by atoms with van der Waals surface area (Å²) in [7, 11) is 0. The zero-order valence-corrected chi connectivity index (χ0v) is 21.8. The third-order valence-electron chi connectivity index (χ3n) is 6.09. The van der Waals surface area contributed by atoms with Gasteiger partial charge in [0.2, 0.25) is 0 Å². The van der Waals surface area contributed by atoms with Gasteiger partial charge in [0.25, 0.3) is 5.91 Å². The highest BCUT2D eigenvalue weighted by molar-refractivity contribution is 7.98. The maximum absolute atomic E-state index is 12.6. The lowest BCUT2D eigenvalue weighted by atomic mass is 10.2. The van der Waals surface area contributed by atoms with Crippen LogP contribution in [-0.2, 0) is 13.1 Å². The third kappa shape index (κ3) is 5.39. The van der Waals surface area contributed by atoms with Gasteiger partial charge >= 0.3 is 0 Å². The number of pyridine rings is 5. The molecule has 1 amide bonds. The predicted octanol–water partition coefficient (Wildman–Crippen LogP) is 4.39. The van der Waals surface area contributed by atoms with E-state index in [4.69, 9.17) is 9.97 Å². The van der Waals surface area contributed by atoms with E-state index in [0.717, 1.165) is 38.7 Å². The number of carbonyl (C=O) groups is 1. The molecule has 0 saturated heterocycles. The van der Waals surface area contributed by atoms with Gasteiger partial charge < -0.3 is 10.6 Å². The van der Waals surface area contributed by atoms with Gasteiger partial charge in [-0.25, -0.2) is 9.97 Å². The molecule has 0 unspecified atom stereocenters. The van der Waals surface area contributed by atoms with Crippen molar-refractivity contribution in [3.63, 3.8) is 0 Å². The molecule has 10 nitrogen and oxygen atoms in total. The smallest absolute Gasteiger partial charge is 0.253 e. The zero-order valence-electron chi connectivity index (χ0n) is 20.9. The van der Waals surface area contributed by atoms with Crippen LogP contribution in [0.15, 0.2) is 90.3 Å². The number of amides is 1. The molecule has 0 aliphatic carbocycles. The highest BCUT2D eigenvalue weighted by atomic mass is 32.2. The van der Waals surface area contributed by atoms with Crippen LogP contribution in [0, 0.1) is 0 Å². The fourth-order valence-electron chi connectivity index (χ4n) is 4.08. The van der Waals surface area contributed by atoms with Crippen molar-refractivity contribution >= 4 is 40.0 Å². The largest absolute Gasteiger partial charge is 0.363 e. The van der Waals surface area contributed by atoms with Crippen molar-refractivity contribution in [1.29, 1.82) is 0 Å². The first-order chi connectivity index (χ1) is 19.2. The lowest BCUT2D eigenvalue weighted by Crippen LogP contribution is -2.23. The summed E-state index contributed by atoms with van der Waals surface area (Å²) < 4.78 is 1.94. The summed E-state index contributed by atoms with van der Waals surface area (Å²) in [6.07, 6.45) is 8.93. The number of hydrogen-bond acceptors (Lipinski definition) is 9. The number of nitrogens with zero attached hydrogens (tertiary/aromatic N) is 7. The Morgan fingerprint density at radius 3 is 2.77 bits per heavy atom. The minimum absolute atomic E-state index is 0.199. The van der Waals surface area contributed by atoms with E-state index >= 15 is 0 Å². The van der Waals surface area contributed by atoms with Crippen LogP contribution in [0.2, 0.25) is 0 Å². The van der Waals surface area contributed by atoms with E-state index in [-0.39, 0.29) is 12.5 Å². The lowest BCUT2D eigenvalue weighted by Gasteiger charge is -2.09. The molecule has 6 rings (SSSR count). The van der Waals surface area contributed by atoms with Crippen LogP contribution in [0.5, 0.6) is 0 Å². The first-order valence-electron chi connectivity index (χ1n) is 12.2. The molecule has 6 aromatic rings. The number of hydrogen-bond donors (Lipinski definition) is 2. The summed E-state index contributed by atoms with van der Waals surface area (Å²) in [6.45, 7) is 0.754. The SMILES string of the molecule is CSc1cncc(C(=O)NCc2cc3nc(-c4cccc(NCc5nnc6ccccn56)n4)ccc3cn2)c1. The molecule has 0 atom stereocenters. The molecular formula is C28H23N9OS. The van der Waals surface area contributed by atoms with Crippen LogP contribution in [0.3, 0.4) is 0 Å². The Bertz CT molecular complexity index is 1800. The van der Waals surface area contributed by atoms with Crippen LogP contribution in [0.4, 0.5) is 5.82 Å². The molecule has 0 aliphatic rings. The molecule has 0 fully saturated rings. The molecule has 2 N–H and O–H groups in total. The van der Waals surface area contributed by atoms with Crippen molar-refractivity contribution in [2.45, 2.75) is 18.0 Å². The van der Waals surface area contributed by atoms with E-state index in [0.29, 0.717) is 23.6 Å². The highest BCUT2D eigenvalue weighted by Crippen LogP contribution is 2.21. The van der Waals surface area contributed by atoms with Gasteiger partial charge in [0.05, 0.1) is 41.3 Å². The summed E-state index contributed by atoms with van der Waals surface area (Å²) in [4.78, 5) is 31.7. The number of anilines is 1. The molecule has 39 heavy (non-hydrogen) atoms. The number of fused-ring (bicyclic) bond motifs is 2. The van der Waals surface area contributed by atoms with Crippen molar-refractivity contribution < 1.29 is 4.79 Å². The number of nitrogens with one attached hydrogen (secondary N) is 2. The van der Waals surface area contributed by atoms with Gasteiger partial charge in [-0.05, 0) is 54.8 Å². The second-order valence-corrected chi connectivity index (χ2v) is 9.55. The van der Waals surface area contributed by atoms with E-state index in [1.54, 1.807) is 30.4 Å². The van der Waals surface area contributed by atoms with Crippen molar-refractivity contribution in [3.8, 4) is 11.4 Å². The minimum atomic E-state index is -0.199. The Morgan fingerprint density at radius 2 is 1.85 bits per heavy atom. The van der Waals surface area contributed by atoms with Gasteiger partial charge in [-0.2, -0.15) is 0 Å². The number of carbonyl (C=O) groups excluding carboxylic acids is 1. The zero-order chi connectivity index (χ0) is 26.6. The van der Waals surface area contributed by atoms with E-state index in [9.17, 15) is 4.79 Å². The number of rotatable bonds is 8. The monoisotopic (exact) mass is 533 g/mol. The van der Waals surface area contributed by atoms with Gasteiger partial charge in [-0.15, -0.1) is 22.0 Å². The predicted molar refractivity (Wildman–Crippen MR) is 150 cm³/mol. The Morgan fingerprint density at radius 1 is 0.923 bits per heavy atom. The fraction of sp³-hybridized carbons (Fsp3) is 0.107. The minimum Gasteiger partial charge on any atom is -0.363 e. The van der Waals surface area contributed by atoms with Crippen molar-refractivity contribution in [2.75, 3.05) is 11.6 Å². The van der Waals surface area contributed by atoms with E-state index in [2.05, 4.69) is 30.8 Å². The molecule has 192 valence electrons. The normalized spacial score (nSPS) is 11.1. The number of aromatic nitrogens is 7. The van der Waals surface area contributed by atoms with E-state index < -0.39 is 0 Å². The quantitative estimate of drug-likeness (QED) is 0.274. The number of thioether (sulfide) groups is 1. The summed E-state index contributed by atoms with van der Waals surface area (Å²) >= 11 is 1.54. The average Bonchev–Trinajstić information content (AvgIpc) is 3.41. The Labute approximate surface area is 228 Å². The van der Waals surface area contributed by atoms with Crippen LogP contribution in [0.25, 0.3) is 27.9 Å². The van der Waals surface area contributed by atoms with E-state index in [1.165, 1.54) is 0 Å². The summed E-state index contributed by atoms with van der Waals surface area (Å²) in [5.41, 5.74) is 4.26. The molecule has 0 aliphatic heterocycles. The molecule has 0 spiro atoms. The molecule has 6 heterocycles. The second-order valence-electron chi connectivity index (χ2n) is 8.67. The van der Waals surface area contributed by atoms with E-state index in [1.807, 2.05) is 77.5 Å². The van der Waals surface area contributed by atoms with Crippen molar-refractivity contribution in [3.05, 3.63) is 103 Å². The first kappa shape index (κ1) is 24.4. The molecular weight excluding hydrogens is 510 g/mol. The van der Waals surface area contributed by atoms with Crippen LogP contribution < -0.4 is 10.6 Å². The molecule has 0 saturated carbocycles. The van der Waals surface area contributed by atoms with Crippen LogP contribution in [0.1, 0.15) is 21.9 Å². The van der Waals surface area contributed by atoms with Gasteiger partial charge in [0, 0.05) is 35.1 Å². The van der Waals surface area contributed by atoms with Crippen LogP contribution in [-0.4, -0.2) is 46.7 Å². The molecule has 0 radical (unpaired) electrons.